The topological polar surface area (TPSA) is 38.9 Å². The number of hydrogen-bond donors (Lipinski definition) is 0. The van der Waals surface area contributed by atoms with Crippen molar-refractivity contribution >= 4 is 22.2 Å². The van der Waals surface area contributed by atoms with E-state index in [-0.39, 0.29) is 10.8 Å². The minimum atomic E-state index is -0.134. The highest BCUT2D eigenvalue weighted by Gasteiger charge is 2.38. The van der Waals surface area contributed by atoms with Crippen molar-refractivity contribution in [2.45, 2.75) is 38.5 Å². The highest BCUT2D eigenvalue weighted by Crippen LogP contribution is 2.53. The first-order valence-electron chi connectivity index (χ1n) is 15.0. The smallest absolute Gasteiger partial charge is 0.246 e. The Morgan fingerprint density at radius 1 is 0.558 bits per heavy atom. The fraction of sp³-hybridized carbons (Fsp3) is 0.150. The molecule has 3 nitrogen and oxygen atoms in total. The van der Waals surface area contributed by atoms with Crippen LogP contribution in [-0.2, 0) is 10.8 Å². The molecule has 43 heavy (non-hydrogen) atoms. The van der Waals surface area contributed by atoms with Crippen LogP contribution in [0.1, 0.15) is 49.9 Å². The summed E-state index contributed by atoms with van der Waals surface area (Å²) in [5, 5.41) is 0.989. The molecule has 0 atom stereocenters. The van der Waals surface area contributed by atoms with E-state index in [0.717, 1.165) is 27.7 Å². The quantitative estimate of drug-likeness (QED) is 0.213. The summed E-state index contributed by atoms with van der Waals surface area (Å²) < 4.78 is 6.35. The van der Waals surface area contributed by atoms with Gasteiger partial charge in [0.1, 0.15) is 11.1 Å². The number of hydrogen-bond acceptors (Lipinski definition) is 3. The van der Waals surface area contributed by atoms with Gasteiger partial charge in [-0.2, -0.15) is 0 Å². The van der Waals surface area contributed by atoms with Gasteiger partial charge in [0.15, 0.2) is 0 Å². The minimum Gasteiger partial charge on any atom is -0.436 e. The van der Waals surface area contributed by atoms with Crippen molar-refractivity contribution in [1.82, 2.24) is 9.97 Å². The van der Waals surface area contributed by atoms with Crippen molar-refractivity contribution < 1.29 is 4.42 Å². The van der Waals surface area contributed by atoms with Gasteiger partial charge < -0.3 is 4.42 Å². The summed E-state index contributed by atoms with van der Waals surface area (Å²) in [6.07, 6.45) is 1.92. The maximum absolute atomic E-state index is 6.35. The lowest BCUT2D eigenvalue weighted by molar-refractivity contribution is 0.651. The second-order valence-corrected chi connectivity index (χ2v) is 13.0. The standard InChI is InChI=1S/C40H30N2O/c1-39(2)31-17-7-5-11-25(31)27-14-9-13-24(35(27)39)23-19-20-34-30(21-23)37-38(43-34)42-33(22-41-37)29-16-10-15-28-26-12-6-8-18-32(26)40(3,4)36(28)29/h5-22H,1-4H3. The molecule has 0 fully saturated rings. The SMILES string of the molecule is CC1(C)c2ccccc2-c2cccc(-c3ccc4oc5nc(-c6cccc7c6C(C)(C)c6ccccc6-7)cnc5c4c3)c21. The predicted octanol–water partition coefficient (Wildman–Crippen LogP) is 10.3. The third-order valence-electron chi connectivity index (χ3n) is 9.93. The van der Waals surface area contributed by atoms with Crippen molar-refractivity contribution in [3.8, 4) is 44.6 Å². The third kappa shape index (κ3) is 3.20. The Morgan fingerprint density at radius 3 is 1.79 bits per heavy atom. The van der Waals surface area contributed by atoms with E-state index in [1.165, 1.54) is 55.6 Å². The molecule has 0 unspecified atom stereocenters. The molecule has 0 saturated carbocycles. The van der Waals surface area contributed by atoms with Gasteiger partial charge in [0.2, 0.25) is 5.71 Å². The zero-order valence-electron chi connectivity index (χ0n) is 24.7. The van der Waals surface area contributed by atoms with Crippen LogP contribution in [0.4, 0.5) is 0 Å². The average Bonchev–Trinajstić information content (AvgIpc) is 3.60. The Hall–Kier alpha value is -5.02. The first-order chi connectivity index (χ1) is 20.8. The van der Waals surface area contributed by atoms with E-state index in [0.29, 0.717) is 5.71 Å². The largest absolute Gasteiger partial charge is 0.436 e. The van der Waals surface area contributed by atoms with Crippen LogP contribution in [0.15, 0.2) is 114 Å². The number of furan rings is 1. The first kappa shape index (κ1) is 24.6. The lowest BCUT2D eigenvalue weighted by Gasteiger charge is -2.24. The maximum atomic E-state index is 6.35. The summed E-state index contributed by atoms with van der Waals surface area (Å²) >= 11 is 0. The van der Waals surface area contributed by atoms with Gasteiger partial charge in [0.25, 0.3) is 0 Å². The minimum absolute atomic E-state index is 0.0893. The summed E-state index contributed by atoms with van der Waals surface area (Å²) in [6, 6.07) is 37.2. The van der Waals surface area contributed by atoms with E-state index < -0.39 is 0 Å². The molecule has 2 aliphatic rings. The van der Waals surface area contributed by atoms with Gasteiger partial charge in [-0.25, -0.2) is 9.97 Å². The van der Waals surface area contributed by atoms with E-state index in [1.807, 2.05) is 6.20 Å². The molecule has 0 aliphatic heterocycles. The van der Waals surface area contributed by atoms with Crippen molar-refractivity contribution in [2.75, 3.05) is 0 Å². The number of rotatable bonds is 2. The molecule has 3 heteroatoms. The molecular weight excluding hydrogens is 524 g/mol. The van der Waals surface area contributed by atoms with E-state index in [9.17, 15) is 0 Å². The van der Waals surface area contributed by atoms with Crippen LogP contribution in [0.3, 0.4) is 0 Å². The second kappa shape index (κ2) is 8.29. The van der Waals surface area contributed by atoms with Gasteiger partial charge >= 0.3 is 0 Å². The average molecular weight is 555 g/mol. The molecule has 9 rings (SSSR count). The van der Waals surface area contributed by atoms with E-state index in [1.54, 1.807) is 0 Å². The van der Waals surface area contributed by atoms with Crippen molar-refractivity contribution in [3.05, 3.63) is 132 Å². The molecule has 206 valence electrons. The molecule has 0 bridgehead atoms. The Morgan fingerprint density at radius 2 is 1.12 bits per heavy atom. The molecular formula is C40H30N2O. The fourth-order valence-electron chi connectivity index (χ4n) is 7.98. The van der Waals surface area contributed by atoms with Crippen LogP contribution in [-0.4, -0.2) is 9.97 Å². The van der Waals surface area contributed by atoms with Crippen molar-refractivity contribution in [2.24, 2.45) is 0 Å². The number of benzene rings is 5. The van der Waals surface area contributed by atoms with Gasteiger partial charge in [-0.15, -0.1) is 0 Å². The fourth-order valence-corrected chi connectivity index (χ4v) is 7.98. The lowest BCUT2D eigenvalue weighted by atomic mass is 9.79. The van der Waals surface area contributed by atoms with Gasteiger partial charge in [0, 0.05) is 21.8 Å². The summed E-state index contributed by atoms with van der Waals surface area (Å²) in [6.45, 7) is 9.27. The lowest BCUT2D eigenvalue weighted by Crippen LogP contribution is -2.16. The monoisotopic (exact) mass is 554 g/mol. The third-order valence-corrected chi connectivity index (χ3v) is 9.93. The number of aromatic nitrogens is 2. The molecule has 0 N–H and O–H groups in total. The Bertz CT molecular complexity index is 2300. The molecule has 5 aromatic carbocycles. The highest BCUT2D eigenvalue weighted by molar-refractivity contribution is 6.04. The van der Waals surface area contributed by atoms with Gasteiger partial charge in [-0.05, 0) is 67.8 Å². The van der Waals surface area contributed by atoms with Crippen LogP contribution in [0.2, 0.25) is 0 Å². The van der Waals surface area contributed by atoms with Gasteiger partial charge in [0.05, 0.1) is 11.9 Å². The summed E-state index contributed by atoms with van der Waals surface area (Å²) in [5.41, 5.74) is 16.9. The molecule has 2 heterocycles. The van der Waals surface area contributed by atoms with Crippen LogP contribution in [0.5, 0.6) is 0 Å². The highest BCUT2D eigenvalue weighted by atomic mass is 16.3. The summed E-state index contributed by atoms with van der Waals surface area (Å²) in [7, 11) is 0. The Labute approximate surface area is 250 Å². The molecule has 0 spiro atoms. The van der Waals surface area contributed by atoms with E-state index in [4.69, 9.17) is 14.4 Å². The molecule has 0 saturated heterocycles. The van der Waals surface area contributed by atoms with Crippen LogP contribution in [0, 0.1) is 0 Å². The van der Waals surface area contributed by atoms with Crippen molar-refractivity contribution in [1.29, 1.82) is 0 Å². The van der Waals surface area contributed by atoms with E-state index >= 15 is 0 Å². The Kier molecular flexibility index (Phi) is 4.74. The molecule has 2 aliphatic carbocycles. The first-order valence-corrected chi connectivity index (χ1v) is 15.0. The van der Waals surface area contributed by atoms with Crippen LogP contribution < -0.4 is 0 Å². The number of nitrogens with zero attached hydrogens (tertiary/aromatic N) is 2. The van der Waals surface area contributed by atoms with Gasteiger partial charge in [-0.3, -0.25) is 0 Å². The summed E-state index contributed by atoms with van der Waals surface area (Å²) in [4.78, 5) is 10.0. The zero-order valence-corrected chi connectivity index (χ0v) is 24.7. The predicted molar refractivity (Wildman–Crippen MR) is 175 cm³/mol. The molecule has 7 aromatic rings. The zero-order chi connectivity index (χ0) is 29.1. The Balaban J connectivity index is 1.19. The molecule has 0 radical (unpaired) electrons. The maximum Gasteiger partial charge on any atom is 0.246 e. The van der Waals surface area contributed by atoms with Crippen LogP contribution in [0.25, 0.3) is 66.8 Å². The molecule has 2 aromatic heterocycles. The van der Waals surface area contributed by atoms with E-state index in [2.05, 4.69) is 131 Å². The van der Waals surface area contributed by atoms with Crippen molar-refractivity contribution in [3.63, 3.8) is 0 Å². The van der Waals surface area contributed by atoms with Crippen LogP contribution >= 0.6 is 0 Å². The summed E-state index contributed by atoms with van der Waals surface area (Å²) in [5.74, 6) is 0. The normalized spacial score (nSPS) is 15.3. The number of fused-ring (bicyclic) bond motifs is 9. The molecule has 0 amide bonds. The second-order valence-electron chi connectivity index (χ2n) is 13.0. The van der Waals surface area contributed by atoms with Gasteiger partial charge in [-0.1, -0.05) is 119 Å².